The fourth-order valence-corrected chi connectivity index (χ4v) is 3.61. The average molecular weight is 317 g/mol. The molecule has 1 amide bonds. The molecule has 0 N–H and O–H groups in total. The lowest BCUT2D eigenvalue weighted by molar-refractivity contribution is -0.118. The molecule has 4 rings (SSSR count). The van der Waals surface area contributed by atoms with Gasteiger partial charge in [0.05, 0.1) is 7.11 Å². The van der Waals surface area contributed by atoms with Gasteiger partial charge in [-0.05, 0) is 40.1 Å². The Morgan fingerprint density at radius 3 is 2.50 bits per heavy atom. The number of amides is 1. The number of anilines is 1. The molecule has 0 aliphatic carbocycles. The number of fused-ring (bicyclic) bond motifs is 3. The maximum absolute atomic E-state index is 12.5. The van der Waals surface area contributed by atoms with Crippen LogP contribution in [0.3, 0.4) is 0 Å². The molecule has 3 heteroatoms. The number of carbonyl (C=O) groups excluding carboxylic acids is 1. The van der Waals surface area contributed by atoms with Crippen LogP contribution in [0, 0.1) is 0 Å². The SMILES string of the molecule is COc1ccc(C2CC(=O)N(C)c3ccc4ccccc4c32)cc1. The number of rotatable bonds is 2. The molecular formula is C21H19NO2. The summed E-state index contributed by atoms with van der Waals surface area (Å²) in [6.45, 7) is 0. The lowest BCUT2D eigenvalue weighted by Gasteiger charge is -2.33. The van der Waals surface area contributed by atoms with Crippen LogP contribution in [-0.2, 0) is 4.79 Å². The molecule has 3 aromatic carbocycles. The van der Waals surface area contributed by atoms with Crippen molar-refractivity contribution in [2.24, 2.45) is 0 Å². The van der Waals surface area contributed by atoms with Crippen molar-refractivity contribution in [3.05, 3.63) is 71.8 Å². The van der Waals surface area contributed by atoms with Gasteiger partial charge in [0.2, 0.25) is 5.91 Å². The first-order valence-corrected chi connectivity index (χ1v) is 8.11. The van der Waals surface area contributed by atoms with Crippen LogP contribution in [0.4, 0.5) is 5.69 Å². The molecule has 1 atom stereocenters. The first-order valence-electron chi connectivity index (χ1n) is 8.11. The van der Waals surface area contributed by atoms with Gasteiger partial charge in [-0.1, -0.05) is 42.5 Å². The Morgan fingerprint density at radius 1 is 1.00 bits per heavy atom. The summed E-state index contributed by atoms with van der Waals surface area (Å²) >= 11 is 0. The van der Waals surface area contributed by atoms with E-state index in [-0.39, 0.29) is 11.8 Å². The van der Waals surface area contributed by atoms with Crippen molar-refractivity contribution in [2.45, 2.75) is 12.3 Å². The van der Waals surface area contributed by atoms with Crippen LogP contribution in [0.2, 0.25) is 0 Å². The van der Waals surface area contributed by atoms with Gasteiger partial charge in [0.25, 0.3) is 0 Å². The summed E-state index contributed by atoms with van der Waals surface area (Å²) in [5.41, 5.74) is 3.39. The zero-order valence-electron chi connectivity index (χ0n) is 13.8. The Kier molecular flexibility index (Phi) is 3.49. The second-order valence-electron chi connectivity index (χ2n) is 6.20. The second-order valence-corrected chi connectivity index (χ2v) is 6.20. The van der Waals surface area contributed by atoms with E-state index in [9.17, 15) is 4.79 Å². The van der Waals surface area contributed by atoms with Crippen LogP contribution in [0.5, 0.6) is 5.75 Å². The largest absolute Gasteiger partial charge is 0.497 e. The molecule has 1 unspecified atom stereocenters. The molecule has 1 aliphatic heterocycles. The monoisotopic (exact) mass is 317 g/mol. The van der Waals surface area contributed by atoms with Gasteiger partial charge < -0.3 is 9.64 Å². The van der Waals surface area contributed by atoms with E-state index < -0.39 is 0 Å². The van der Waals surface area contributed by atoms with E-state index in [1.807, 2.05) is 19.2 Å². The summed E-state index contributed by atoms with van der Waals surface area (Å²) in [6.07, 6.45) is 0.490. The van der Waals surface area contributed by atoms with E-state index in [0.29, 0.717) is 6.42 Å². The summed E-state index contributed by atoms with van der Waals surface area (Å²) in [5.74, 6) is 1.05. The standard InChI is InChI=1S/C21H19NO2/c1-22-19-12-9-14-5-3-4-6-17(14)21(19)18(13-20(22)23)15-7-10-16(24-2)11-8-15/h3-12,18H,13H2,1-2H3. The van der Waals surface area contributed by atoms with Gasteiger partial charge >= 0.3 is 0 Å². The van der Waals surface area contributed by atoms with Crippen molar-refractivity contribution in [3.63, 3.8) is 0 Å². The summed E-state index contributed by atoms with van der Waals surface area (Å²) in [4.78, 5) is 14.3. The molecule has 0 saturated carbocycles. The number of carbonyl (C=O) groups is 1. The molecule has 1 aliphatic rings. The van der Waals surface area contributed by atoms with Crippen molar-refractivity contribution in [1.29, 1.82) is 0 Å². The maximum atomic E-state index is 12.5. The average Bonchev–Trinajstić information content (AvgIpc) is 2.64. The minimum Gasteiger partial charge on any atom is -0.497 e. The molecule has 120 valence electrons. The van der Waals surface area contributed by atoms with E-state index in [4.69, 9.17) is 4.74 Å². The molecule has 3 aromatic rings. The third-order valence-electron chi connectivity index (χ3n) is 4.93. The molecule has 0 radical (unpaired) electrons. The Hall–Kier alpha value is -2.81. The molecule has 0 spiro atoms. The number of benzene rings is 3. The molecular weight excluding hydrogens is 298 g/mol. The molecule has 0 fully saturated rings. The highest BCUT2D eigenvalue weighted by Gasteiger charge is 2.31. The number of nitrogens with zero attached hydrogens (tertiary/aromatic N) is 1. The summed E-state index contributed by atoms with van der Waals surface area (Å²) in [5, 5.41) is 2.42. The Balaban J connectivity index is 1.94. The van der Waals surface area contributed by atoms with E-state index in [1.165, 1.54) is 16.3 Å². The summed E-state index contributed by atoms with van der Waals surface area (Å²) in [6, 6.07) is 20.6. The zero-order chi connectivity index (χ0) is 16.7. The Labute approximate surface area is 141 Å². The molecule has 0 bridgehead atoms. The first-order chi connectivity index (χ1) is 11.7. The van der Waals surface area contributed by atoms with Gasteiger partial charge in [-0.15, -0.1) is 0 Å². The second kappa shape index (κ2) is 5.68. The molecule has 3 nitrogen and oxygen atoms in total. The highest BCUT2D eigenvalue weighted by molar-refractivity contribution is 6.02. The van der Waals surface area contributed by atoms with Crippen LogP contribution in [-0.4, -0.2) is 20.1 Å². The van der Waals surface area contributed by atoms with Crippen molar-refractivity contribution >= 4 is 22.4 Å². The predicted molar refractivity (Wildman–Crippen MR) is 96.8 cm³/mol. The van der Waals surface area contributed by atoms with E-state index in [2.05, 4.69) is 48.5 Å². The smallest absolute Gasteiger partial charge is 0.227 e. The normalized spacial score (nSPS) is 17.0. The summed E-state index contributed by atoms with van der Waals surface area (Å²) in [7, 11) is 3.52. The van der Waals surface area contributed by atoms with Gasteiger partial charge in [0.1, 0.15) is 5.75 Å². The number of hydrogen-bond acceptors (Lipinski definition) is 2. The van der Waals surface area contributed by atoms with Crippen LogP contribution >= 0.6 is 0 Å². The first kappa shape index (κ1) is 14.8. The minimum atomic E-state index is 0.0701. The predicted octanol–water partition coefficient (Wildman–Crippen LogP) is 4.35. The topological polar surface area (TPSA) is 29.5 Å². The van der Waals surface area contributed by atoms with Gasteiger partial charge in [-0.2, -0.15) is 0 Å². The van der Waals surface area contributed by atoms with E-state index in [1.54, 1.807) is 12.0 Å². The number of methoxy groups -OCH3 is 1. The van der Waals surface area contributed by atoms with Gasteiger partial charge in [0.15, 0.2) is 0 Å². The number of ether oxygens (including phenoxy) is 1. The third-order valence-corrected chi connectivity index (χ3v) is 4.93. The highest BCUT2D eigenvalue weighted by atomic mass is 16.5. The fraction of sp³-hybridized carbons (Fsp3) is 0.190. The Morgan fingerprint density at radius 2 is 1.75 bits per heavy atom. The molecule has 1 heterocycles. The lowest BCUT2D eigenvalue weighted by atomic mass is 9.81. The van der Waals surface area contributed by atoms with Gasteiger partial charge in [-0.3, -0.25) is 4.79 Å². The molecule has 0 saturated heterocycles. The Bertz CT molecular complexity index is 915. The van der Waals surface area contributed by atoms with Crippen LogP contribution in [0.1, 0.15) is 23.5 Å². The quantitative estimate of drug-likeness (QED) is 0.703. The van der Waals surface area contributed by atoms with Crippen LogP contribution in [0.25, 0.3) is 10.8 Å². The van der Waals surface area contributed by atoms with Crippen molar-refractivity contribution in [3.8, 4) is 5.75 Å². The van der Waals surface area contributed by atoms with E-state index >= 15 is 0 Å². The minimum absolute atomic E-state index is 0.0701. The maximum Gasteiger partial charge on any atom is 0.227 e. The fourth-order valence-electron chi connectivity index (χ4n) is 3.61. The van der Waals surface area contributed by atoms with Gasteiger partial charge in [-0.25, -0.2) is 0 Å². The molecule has 24 heavy (non-hydrogen) atoms. The zero-order valence-corrected chi connectivity index (χ0v) is 13.8. The van der Waals surface area contributed by atoms with Crippen LogP contribution in [0.15, 0.2) is 60.7 Å². The van der Waals surface area contributed by atoms with E-state index in [0.717, 1.165) is 17.0 Å². The van der Waals surface area contributed by atoms with Gasteiger partial charge in [0, 0.05) is 25.1 Å². The van der Waals surface area contributed by atoms with Crippen molar-refractivity contribution in [2.75, 3.05) is 19.1 Å². The van der Waals surface area contributed by atoms with Crippen molar-refractivity contribution < 1.29 is 9.53 Å². The summed E-state index contributed by atoms with van der Waals surface area (Å²) < 4.78 is 5.26. The van der Waals surface area contributed by atoms with Crippen molar-refractivity contribution in [1.82, 2.24) is 0 Å². The molecule has 0 aromatic heterocycles. The van der Waals surface area contributed by atoms with Crippen LogP contribution < -0.4 is 9.64 Å². The third kappa shape index (κ3) is 2.24. The number of hydrogen-bond donors (Lipinski definition) is 0. The lowest BCUT2D eigenvalue weighted by Crippen LogP contribution is -2.33. The highest BCUT2D eigenvalue weighted by Crippen LogP contribution is 2.43.